The van der Waals surface area contributed by atoms with Gasteiger partial charge in [-0.3, -0.25) is 28.8 Å². The number of alkyl carbamates (subject to hydrolysis) is 1. The fourth-order valence-electron chi connectivity index (χ4n) is 10.7. The molecule has 0 radical (unpaired) electrons. The van der Waals surface area contributed by atoms with E-state index in [0.29, 0.717) is 66.3 Å². The number of hydrogen-bond acceptors (Lipinski definition) is 12. The number of aromatic amines is 1. The first-order valence-corrected chi connectivity index (χ1v) is 27.6. The Morgan fingerprint density at radius 2 is 1.22 bits per heavy atom. The Kier molecular flexibility index (Phi) is 19.3. The Bertz CT molecular complexity index is 3120. The average molecular weight is 1100 g/mol. The lowest BCUT2D eigenvalue weighted by Gasteiger charge is -2.32. The van der Waals surface area contributed by atoms with E-state index in [1.807, 2.05) is 54.6 Å². The zero-order valence-electron chi connectivity index (χ0n) is 45.2. The number of fused-ring (bicyclic) bond motifs is 2. The Hall–Kier alpha value is -8.75. The van der Waals surface area contributed by atoms with Crippen molar-refractivity contribution in [1.29, 1.82) is 0 Å². The molecule has 2 unspecified atom stereocenters. The number of carbonyl (C=O) groups excluding carboxylic acids is 7. The zero-order valence-corrected chi connectivity index (χ0v) is 45.2. The van der Waals surface area contributed by atoms with Crippen molar-refractivity contribution in [2.45, 2.75) is 93.9 Å². The highest BCUT2D eigenvalue weighted by Crippen LogP contribution is 2.27. The maximum Gasteiger partial charge on any atom is 0.407 e. The summed E-state index contributed by atoms with van der Waals surface area (Å²) < 4.78 is 17.3. The molecule has 0 saturated carbocycles. The first kappa shape index (κ1) is 57.0. The number of carbonyl (C=O) groups is 7. The number of nitrogens with two attached hydrogens (primary N) is 1. The van der Waals surface area contributed by atoms with Gasteiger partial charge in [0.05, 0.1) is 13.7 Å². The molecule has 7 atom stereocenters. The van der Waals surface area contributed by atoms with Gasteiger partial charge in [0, 0.05) is 55.9 Å². The number of ether oxygens (including phenoxy) is 3. The van der Waals surface area contributed by atoms with Gasteiger partial charge in [-0.2, -0.15) is 0 Å². The molecule has 20 nitrogen and oxygen atoms in total. The van der Waals surface area contributed by atoms with Crippen molar-refractivity contribution < 1.29 is 47.8 Å². The summed E-state index contributed by atoms with van der Waals surface area (Å²) in [4.78, 5) is 109. The van der Waals surface area contributed by atoms with Crippen LogP contribution in [0.4, 0.5) is 4.79 Å². The molecule has 7 amide bonds. The molecule has 10 N–H and O–H groups in total. The molecule has 0 spiro atoms. The van der Waals surface area contributed by atoms with E-state index in [-0.39, 0.29) is 57.7 Å². The van der Waals surface area contributed by atoms with Crippen LogP contribution in [0, 0.1) is 5.92 Å². The number of rotatable bonds is 16. The molecule has 5 aromatic carbocycles. The summed E-state index contributed by atoms with van der Waals surface area (Å²) in [7, 11) is 1.52. The van der Waals surface area contributed by atoms with Gasteiger partial charge in [-0.05, 0) is 96.4 Å². The lowest BCUT2D eigenvalue weighted by Crippen LogP contribution is -2.61. The molecule has 4 heterocycles. The maximum absolute atomic E-state index is 15.5. The first-order valence-electron chi connectivity index (χ1n) is 27.6. The number of hydrogen-bond donors (Lipinski definition) is 9. The van der Waals surface area contributed by atoms with Crippen LogP contribution in [0.2, 0.25) is 0 Å². The Morgan fingerprint density at radius 3 is 1.91 bits per heavy atom. The monoisotopic (exact) mass is 1100 g/mol. The summed E-state index contributed by atoms with van der Waals surface area (Å²) in [6.07, 6.45) is 1.20. The minimum Gasteiger partial charge on any atom is -0.497 e. The second-order valence-corrected chi connectivity index (χ2v) is 20.7. The lowest BCUT2D eigenvalue weighted by molar-refractivity contribution is -0.143. The van der Waals surface area contributed by atoms with Crippen molar-refractivity contribution in [2.24, 2.45) is 11.7 Å². The highest BCUT2D eigenvalue weighted by atomic mass is 16.6. The molecule has 6 aromatic rings. The zero-order chi connectivity index (χ0) is 56.7. The van der Waals surface area contributed by atoms with Crippen LogP contribution in [0.3, 0.4) is 0 Å². The van der Waals surface area contributed by atoms with Gasteiger partial charge < -0.3 is 67.0 Å². The largest absolute Gasteiger partial charge is 0.497 e. The predicted molar refractivity (Wildman–Crippen MR) is 302 cm³/mol. The Balaban J connectivity index is 1.12. The van der Waals surface area contributed by atoms with Gasteiger partial charge in [0.2, 0.25) is 35.4 Å². The summed E-state index contributed by atoms with van der Waals surface area (Å²) in [5.74, 6) is -3.15. The standard InChI is InChI=1S/C61H70N10O10/c1-79-44-20-16-39(17-21-44)32-52-60(77)71-36-46(81-61(78)64-29-26-62)34-53(71)58(75)70-54(42-12-6-3-7-13-42)59(76)68-51(33-43-35-65-48-15-9-8-14-47(43)48)57(74)67-50(31-40-24-27-63-28-25-40)55(72)66-49(56(73)69-52)30-38-18-22-45(23-19-38)80-37-41-10-4-2-5-11-41/h2-23,35,40,46,49-54,63,65H,24-34,36-37,62H2,1H3,(H,64,78)(H,66,72)(H,67,74)(H,68,76)(H,69,73)(H,70,75)/t46-,49+,50?,51-,52?,53+,54+/m1/s1. The van der Waals surface area contributed by atoms with Crippen molar-refractivity contribution in [3.05, 3.63) is 167 Å². The van der Waals surface area contributed by atoms with Crippen molar-refractivity contribution in [2.75, 3.05) is 39.8 Å². The normalized spacial score (nSPS) is 22.4. The van der Waals surface area contributed by atoms with E-state index in [1.165, 1.54) is 12.0 Å². The number of methoxy groups -OCH3 is 1. The summed E-state index contributed by atoms with van der Waals surface area (Å²) in [6, 6.07) is 31.7. The molecule has 20 heteroatoms. The molecule has 81 heavy (non-hydrogen) atoms. The second kappa shape index (κ2) is 27.4. The fourth-order valence-corrected chi connectivity index (χ4v) is 10.7. The molecule has 9 rings (SSSR count). The molecule has 3 saturated heterocycles. The smallest absolute Gasteiger partial charge is 0.407 e. The quantitative estimate of drug-likeness (QED) is 0.0673. The van der Waals surface area contributed by atoms with Gasteiger partial charge in [0.1, 0.15) is 60.5 Å². The van der Waals surface area contributed by atoms with Gasteiger partial charge in [0.25, 0.3) is 0 Å². The topological polar surface area (TPSA) is 276 Å². The van der Waals surface area contributed by atoms with Crippen LogP contribution in [0.25, 0.3) is 10.9 Å². The van der Waals surface area contributed by atoms with E-state index in [1.54, 1.807) is 85.1 Å². The van der Waals surface area contributed by atoms with Gasteiger partial charge >= 0.3 is 6.09 Å². The van der Waals surface area contributed by atoms with Crippen LogP contribution in [-0.2, 0) is 59.4 Å². The summed E-state index contributed by atoms with van der Waals surface area (Å²) >= 11 is 0. The second-order valence-electron chi connectivity index (χ2n) is 20.7. The number of amides is 7. The molecular formula is C61H70N10O10. The Labute approximate surface area is 470 Å². The Morgan fingerprint density at radius 1 is 0.630 bits per heavy atom. The van der Waals surface area contributed by atoms with Crippen molar-refractivity contribution >= 4 is 52.4 Å². The number of piperidine rings is 1. The van der Waals surface area contributed by atoms with Crippen LogP contribution < -0.4 is 52.4 Å². The number of nitrogens with zero attached hydrogens (tertiary/aromatic N) is 1. The molecule has 1 aromatic heterocycles. The van der Waals surface area contributed by atoms with Crippen LogP contribution in [0.15, 0.2) is 140 Å². The van der Waals surface area contributed by atoms with Gasteiger partial charge in [-0.15, -0.1) is 0 Å². The van der Waals surface area contributed by atoms with E-state index >= 15 is 28.8 Å². The van der Waals surface area contributed by atoms with Gasteiger partial charge in [-0.25, -0.2) is 4.79 Å². The van der Waals surface area contributed by atoms with E-state index in [9.17, 15) is 4.79 Å². The molecular weight excluding hydrogens is 1030 g/mol. The number of H-pyrrole nitrogens is 1. The van der Waals surface area contributed by atoms with Crippen molar-refractivity contribution in [3.63, 3.8) is 0 Å². The van der Waals surface area contributed by atoms with Crippen LogP contribution in [0.5, 0.6) is 11.5 Å². The van der Waals surface area contributed by atoms with E-state index < -0.39 is 83.9 Å². The van der Waals surface area contributed by atoms with E-state index in [2.05, 4.69) is 42.2 Å². The van der Waals surface area contributed by atoms with E-state index in [0.717, 1.165) is 16.5 Å². The average Bonchev–Trinajstić information content (AvgIpc) is 4.12. The summed E-state index contributed by atoms with van der Waals surface area (Å²) in [6.45, 7) is 1.68. The summed E-state index contributed by atoms with van der Waals surface area (Å²) in [5.41, 5.74) is 9.75. The third-order valence-corrected chi connectivity index (χ3v) is 15.1. The third-order valence-electron chi connectivity index (χ3n) is 15.1. The number of benzene rings is 5. The summed E-state index contributed by atoms with van der Waals surface area (Å²) in [5, 5.41) is 21.5. The maximum atomic E-state index is 15.5. The van der Waals surface area contributed by atoms with Crippen LogP contribution >= 0.6 is 0 Å². The molecule has 3 fully saturated rings. The van der Waals surface area contributed by atoms with Crippen LogP contribution in [-0.4, -0.2) is 128 Å². The molecule has 0 aliphatic carbocycles. The fraction of sp³-hybridized carbons (Fsp3) is 0.361. The van der Waals surface area contributed by atoms with Crippen molar-refractivity contribution in [3.8, 4) is 11.5 Å². The number of nitrogens with one attached hydrogen (secondary N) is 8. The third kappa shape index (κ3) is 15.1. The first-order chi connectivity index (χ1) is 39.4. The van der Waals surface area contributed by atoms with Gasteiger partial charge in [0.15, 0.2) is 0 Å². The molecule has 424 valence electrons. The molecule has 3 aliphatic heterocycles. The van der Waals surface area contributed by atoms with Crippen LogP contribution in [0.1, 0.15) is 59.5 Å². The minimum absolute atomic E-state index is 0.00496. The van der Waals surface area contributed by atoms with Gasteiger partial charge in [-0.1, -0.05) is 103 Å². The molecule has 3 aliphatic rings. The molecule has 0 bridgehead atoms. The predicted octanol–water partition coefficient (Wildman–Crippen LogP) is 3.64. The SMILES string of the molecule is COc1ccc(CC2NC(=O)[C@H](Cc3ccc(OCc4ccccc4)cc3)NC(=O)C(CC3CCNCC3)NC(=O)[C@@H](Cc3c[nH]c4ccccc34)NC(=O)[C@H](c3ccccc3)NC(=O)[C@@H]3C[C@@H](OC(=O)NCCN)CN3C2=O)cc1. The van der Waals surface area contributed by atoms with Crippen molar-refractivity contribution in [1.82, 2.24) is 47.1 Å². The number of para-hydroxylation sites is 1. The number of aromatic nitrogens is 1. The highest BCUT2D eigenvalue weighted by molar-refractivity contribution is 5.99. The van der Waals surface area contributed by atoms with E-state index in [4.69, 9.17) is 19.9 Å². The highest BCUT2D eigenvalue weighted by Gasteiger charge is 2.45. The lowest BCUT2D eigenvalue weighted by atomic mass is 9.90. The minimum atomic E-state index is -1.42.